The fourth-order valence-corrected chi connectivity index (χ4v) is 5.61. The van der Waals surface area contributed by atoms with Gasteiger partial charge in [0.15, 0.2) is 0 Å². The summed E-state index contributed by atoms with van der Waals surface area (Å²) in [5.74, 6) is 0.346. The van der Waals surface area contributed by atoms with E-state index in [-0.39, 0.29) is 19.3 Å². The molecule has 1 atom stereocenters. The number of rotatable bonds is 4. The van der Waals surface area contributed by atoms with Gasteiger partial charge in [-0.1, -0.05) is 45.0 Å². The molecule has 1 spiro atoms. The second-order valence-electron chi connectivity index (χ2n) is 11.0. The number of fused-ring (bicyclic) bond motifs is 2. The Kier molecular flexibility index (Phi) is 6.55. The number of hydrogen-bond acceptors (Lipinski definition) is 3. The Balaban J connectivity index is 0.00000272. The first-order valence-corrected chi connectivity index (χ1v) is 12.1. The van der Waals surface area contributed by atoms with Crippen molar-refractivity contribution in [1.82, 2.24) is 10.2 Å². The zero-order chi connectivity index (χ0) is 21.2. The summed E-state index contributed by atoms with van der Waals surface area (Å²) in [7, 11) is 0. The van der Waals surface area contributed by atoms with Crippen molar-refractivity contribution < 1.29 is 11.0 Å². The molecule has 0 radical (unpaired) electrons. The zero-order valence-electron chi connectivity index (χ0n) is 19.2. The number of carbonyl (C=O) groups is 1. The summed E-state index contributed by atoms with van der Waals surface area (Å²) in [6.07, 6.45) is 7.72. The number of likely N-dealkylation sites (tertiary alicyclic amines) is 1. The molecule has 1 aromatic rings. The van der Waals surface area contributed by atoms with E-state index in [1.807, 2.05) is 0 Å². The standard InChI is InChI=1S/C26H40N2O2.H2/c1-25(2,3)12-15-28-16-13-26(14-17-28)11-8-23(21-6-4-5-7-22(21)26)27-24(29)20-9-18-30-19-10-20;/h4-7,20,23H,8-19H2,1-3H3,(H,27,29);1H/t23-;/m1./s1. The highest BCUT2D eigenvalue weighted by Gasteiger charge is 2.42. The summed E-state index contributed by atoms with van der Waals surface area (Å²) >= 11 is 0. The van der Waals surface area contributed by atoms with Crippen molar-refractivity contribution in [2.75, 3.05) is 32.8 Å². The van der Waals surface area contributed by atoms with Crippen LogP contribution in [0, 0.1) is 11.3 Å². The van der Waals surface area contributed by atoms with Gasteiger partial charge in [-0.05, 0) is 86.5 Å². The summed E-state index contributed by atoms with van der Waals surface area (Å²) in [5.41, 5.74) is 3.58. The predicted molar refractivity (Wildman–Crippen MR) is 124 cm³/mol. The minimum Gasteiger partial charge on any atom is -0.381 e. The van der Waals surface area contributed by atoms with Crippen LogP contribution in [-0.4, -0.2) is 43.7 Å². The average Bonchev–Trinajstić information content (AvgIpc) is 2.76. The van der Waals surface area contributed by atoms with Crippen LogP contribution in [0.15, 0.2) is 24.3 Å². The van der Waals surface area contributed by atoms with Gasteiger partial charge in [-0.2, -0.15) is 0 Å². The highest BCUT2D eigenvalue weighted by molar-refractivity contribution is 5.79. The molecule has 4 rings (SSSR count). The van der Waals surface area contributed by atoms with Crippen LogP contribution < -0.4 is 5.32 Å². The third kappa shape index (κ3) is 4.91. The lowest BCUT2D eigenvalue weighted by Crippen LogP contribution is -2.47. The van der Waals surface area contributed by atoms with E-state index in [9.17, 15) is 4.79 Å². The van der Waals surface area contributed by atoms with E-state index in [0.717, 1.165) is 19.3 Å². The third-order valence-corrected chi connectivity index (χ3v) is 7.72. The predicted octanol–water partition coefficient (Wildman–Crippen LogP) is 5.08. The number of piperidine rings is 1. The molecule has 0 aromatic heterocycles. The molecule has 4 nitrogen and oxygen atoms in total. The molecular weight excluding hydrogens is 372 g/mol. The number of hydrogen-bond donors (Lipinski definition) is 1. The van der Waals surface area contributed by atoms with Gasteiger partial charge in [0.25, 0.3) is 0 Å². The maximum absolute atomic E-state index is 12.9. The van der Waals surface area contributed by atoms with Crippen molar-refractivity contribution in [2.24, 2.45) is 11.3 Å². The Morgan fingerprint density at radius 1 is 1.13 bits per heavy atom. The van der Waals surface area contributed by atoms with Gasteiger partial charge >= 0.3 is 0 Å². The summed E-state index contributed by atoms with van der Waals surface area (Å²) in [6, 6.07) is 9.10. The molecule has 168 valence electrons. The first-order valence-electron chi connectivity index (χ1n) is 12.1. The van der Waals surface area contributed by atoms with E-state index in [2.05, 4.69) is 55.3 Å². The number of nitrogens with zero attached hydrogens (tertiary/aromatic N) is 1. The smallest absolute Gasteiger partial charge is 0.223 e. The molecule has 1 aromatic carbocycles. The van der Waals surface area contributed by atoms with Crippen LogP contribution in [0.5, 0.6) is 0 Å². The molecule has 0 unspecified atom stereocenters. The van der Waals surface area contributed by atoms with Crippen molar-refractivity contribution in [2.45, 2.75) is 77.2 Å². The topological polar surface area (TPSA) is 41.6 Å². The Labute approximate surface area is 184 Å². The number of amides is 1. The van der Waals surface area contributed by atoms with Gasteiger partial charge in [-0.25, -0.2) is 0 Å². The molecular formula is C26H42N2O2. The van der Waals surface area contributed by atoms with Gasteiger partial charge in [0.1, 0.15) is 0 Å². The lowest BCUT2D eigenvalue weighted by Gasteiger charge is -2.47. The van der Waals surface area contributed by atoms with Crippen LogP contribution in [0.3, 0.4) is 0 Å². The summed E-state index contributed by atoms with van der Waals surface area (Å²) in [5, 5.41) is 3.41. The maximum Gasteiger partial charge on any atom is 0.223 e. The van der Waals surface area contributed by atoms with Gasteiger partial charge in [0.2, 0.25) is 5.91 Å². The third-order valence-electron chi connectivity index (χ3n) is 7.72. The minimum absolute atomic E-state index is 0. The van der Waals surface area contributed by atoms with Crippen LogP contribution in [0.1, 0.15) is 84.3 Å². The Bertz CT molecular complexity index is 731. The van der Waals surface area contributed by atoms with Crippen molar-refractivity contribution in [3.63, 3.8) is 0 Å². The molecule has 3 aliphatic rings. The SMILES string of the molecule is CC(C)(C)CCN1CCC2(CC[C@@H](NC(=O)C3CCOCC3)c3ccccc32)CC1.[HH]. The first-order chi connectivity index (χ1) is 14.4. The van der Waals surface area contributed by atoms with Crippen LogP contribution in [0.4, 0.5) is 0 Å². The van der Waals surface area contributed by atoms with Gasteiger partial charge in [0, 0.05) is 20.6 Å². The average molecular weight is 415 g/mol. The molecule has 0 saturated carbocycles. The fourth-order valence-electron chi connectivity index (χ4n) is 5.61. The van der Waals surface area contributed by atoms with Crippen molar-refractivity contribution in [3.8, 4) is 0 Å². The van der Waals surface area contributed by atoms with Crippen LogP contribution >= 0.6 is 0 Å². The molecule has 2 saturated heterocycles. The second-order valence-corrected chi connectivity index (χ2v) is 11.0. The van der Waals surface area contributed by atoms with Gasteiger partial charge in [-0.3, -0.25) is 4.79 Å². The normalized spacial score (nSPS) is 25.1. The number of ether oxygens (including phenoxy) is 1. The van der Waals surface area contributed by atoms with E-state index in [4.69, 9.17) is 4.74 Å². The van der Waals surface area contributed by atoms with Crippen molar-refractivity contribution in [1.29, 1.82) is 0 Å². The van der Waals surface area contributed by atoms with Gasteiger partial charge < -0.3 is 15.0 Å². The van der Waals surface area contributed by atoms with E-state index < -0.39 is 0 Å². The lowest BCUT2D eigenvalue weighted by molar-refractivity contribution is -0.128. The highest BCUT2D eigenvalue weighted by atomic mass is 16.5. The Hall–Kier alpha value is -1.39. The molecule has 4 heteroatoms. The number of carbonyl (C=O) groups excluding carboxylic acids is 1. The lowest BCUT2D eigenvalue weighted by atomic mass is 9.63. The fraction of sp³-hybridized carbons (Fsp3) is 0.731. The van der Waals surface area contributed by atoms with Crippen molar-refractivity contribution >= 4 is 5.91 Å². The minimum atomic E-state index is 0. The molecule has 0 bridgehead atoms. The van der Waals surface area contributed by atoms with Gasteiger partial charge in [0.05, 0.1) is 6.04 Å². The van der Waals surface area contributed by atoms with Crippen LogP contribution in [-0.2, 0) is 14.9 Å². The Morgan fingerprint density at radius 3 is 2.53 bits per heavy atom. The molecule has 1 aliphatic carbocycles. The first kappa shape index (κ1) is 21.8. The molecule has 2 fully saturated rings. The van der Waals surface area contributed by atoms with Crippen molar-refractivity contribution in [3.05, 3.63) is 35.4 Å². The largest absolute Gasteiger partial charge is 0.381 e. The zero-order valence-corrected chi connectivity index (χ0v) is 19.2. The number of benzene rings is 1. The quantitative estimate of drug-likeness (QED) is 0.747. The van der Waals surface area contributed by atoms with Gasteiger partial charge in [-0.15, -0.1) is 0 Å². The van der Waals surface area contributed by atoms with Crippen LogP contribution in [0.2, 0.25) is 0 Å². The summed E-state index contributed by atoms with van der Waals surface area (Å²) in [4.78, 5) is 15.5. The molecule has 2 heterocycles. The molecule has 1 N–H and O–H groups in total. The second kappa shape index (κ2) is 9.00. The Morgan fingerprint density at radius 2 is 1.83 bits per heavy atom. The maximum atomic E-state index is 12.9. The van der Waals surface area contributed by atoms with E-state index in [1.54, 1.807) is 0 Å². The number of nitrogens with one attached hydrogen (secondary N) is 1. The molecule has 30 heavy (non-hydrogen) atoms. The molecule has 2 aliphatic heterocycles. The summed E-state index contributed by atoms with van der Waals surface area (Å²) in [6.45, 7) is 12.1. The molecule has 1 amide bonds. The summed E-state index contributed by atoms with van der Waals surface area (Å²) < 4.78 is 5.43. The van der Waals surface area contributed by atoms with E-state index in [1.165, 1.54) is 56.4 Å². The van der Waals surface area contributed by atoms with E-state index in [0.29, 0.717) is 24.0 Å². The monoisotopic (exact) mass is 414 g/mol. The highest BCUT2D eigenvalue weighted by Crippen LogP contribution is 2.48. The van der Waals surface area contributed by atoms with Crippen LogP contribution in [0.25, 0.3) is 0 Å². The van der Waals surface area contributed by atoms with E-state index >= 15 is 0 Å².